The van der Waals surface area contributed by atoms with Crippen molar-refractivity contribution in [3.05, 3.63) is 56.9 Å². The summed E-state index contributed by atoms with van der Waals surface area (Å²) in [5.74, 6) is -0.548. The van der Waals surface area contributed by atoms with Crippen LogP contribution < -0.4 is 21.9 Å². The zero-order chi connectivity index (χ0) is 17.8. The lowest BCUT2D eigenvalue weighted by atomic mass is 10.3. The van der Waals surface area contributed by atoms with Gasteiger partial charge in [-0.15, -0.1) is 0 Å². The summed E-state index contributed by atoms with van der Waals surface area (Å²) < 4.78 is 6.35. The number of para-hydroxylation sites is 2. The Morgan fingerprint density at radius 3 is 2.88 bits per heavy atom. The van der Waals surface area contributed by atoms with Gasteiger partial charge in [0, 0.05) is 24.8 Å². The summed E-state index contributed by atoms with van der Waals surface area (Å²) in [5, 5.41) is 5.60. The summed E-state index contributed by atoms with van der Waals surface area (Å²) in [6.45, 7) is 2.27. The van der Waals surface area contributed by atoms with Crippen molar-refractivity contribution < 1.29 is 9.21 Å². The molecule has 0 atom stereocenters. The number of anilines is 1. The van der Waals surface area contributed by atoms with Crippen LogP contribution in [0.2, 0.25) is 0 Å². The van der Waals surface area contributed by atoms with E-state index in [1.165, 1.54) is 10.6 Å². The number of aromatic nitrogens is 3. The molecule has 9 heteroatoms. The molecule has 1 amide bonds. The van der Waals surface area contributed by atoms with Crippen molar-refractivity contribution in [2.24, 2.45) is 0 Å². The van der Waals surface area contributed by atoms with Gasteiger partial charge in [0.05, 0.1) is 5.52 Å². The number of nitrogens with zero attached hydrogens (tertiary/aromatic N) is 2. The molecule has 0 aliphatic rings. The first kappa shape index (κ1) is 16.5. The summed E-state index contributed by atoms with van der Waals surface area (Å²) >= 11 is 0. The number of nitrogens with one attached hydrogen (secondary N) is 3. The Bertz CT molecular complexity index is 1020. The third kappa shape index (κ3) is 3.94. The number of benzene rings is 1. The van der Waals surface area contributed by atoms with E-state index in [0.29, 0.717) is 35.8 Å². The topological polar surface area (TPSA) is 122 Å². The van der Waals surface area contributed by atoms with Gasteiger partial charge in [0.1, 0.15) is 6.54 Å². The van der Waals surface area contributed by atoms with Crippen molar-refractivity contribution in [2.45, 2.75) is 13.5 Å². The lowest BCUT2D eigenvalue weighted by molar-refractivity contribution is -0.121. The molecule has 2 heterocycles. The van der Waals surface area contributed by atoms with Gasteiger partial charge in [0.15, 0.2) is 5.58 Å². The van der Waals surface area contributed by atoms with E-state index in [9.17, 15) is 14.4 Å². The van der Waals surface area contributed by atoms with Gasteiger partial charge in [-0.2, -0.15) is 0 Å². The molecule has 9 nitrogen and oxygen atoms in total. The van der Waals surface area contributed by atoms with Crippen molar-refractivity contribution in [3.63, 3.8) is 0 Å². The highest BCUT2D eigenvalue weighted by Gasteiger charge is 2.11. The number of amides is 1. The molecule has 3 N–H and O–H groups in total. The van der Waals surface area contributed by atoms with Gasteiger partial charge >= 0.3 is 5.76 Å². The molecule has 0 bridgehead atoms. The Balaban J connectivity index is 1.53. The number of aromatic amines is 1. The summed E-state index contributed by atoms with van der Waals surface area (Å²) in [6, 6.07) is 8.30. The zero-order valence-electron chi connectivity index (χ0n) is 13.5. The number of oxazole rings is 1. The molecule has 0 aliphatic heterocycles. The summed E-state index contributed by atoms with van der Waals surface area (Å²) in [5.41, 5.74) is 1.37. The highest BCUT2D eigenvalue weighted by Crippen LogP contribution is 2.11. The maximum atomic E-state index is 12.0. The lowest BCUT2D eigenvalue weighted by Gasteiger charge is -2.08. The minimum atomic E-state index is -0.573. The number of aryl methyl sites for hydroxylation is 1. The Labute approximate surface area is 141 Å². The molecule has 0 fully saturated rings. The Hall–Kier alpha value is -3.36. The van der Waals surface area contributed by atoms with Crippen molar-refractivity contribution >= 4 is 23.0 Å². The smallest absolute Gasteiger partial charge is 0.408 e. The van der Waals surface area contributed by atoms with Gasteiger partial charge in [-0.1, -0.05) is 12.1 Å². The Morgan fingerprint density at radius 2 is 2.08 bits per heavy atom. The molecule has 0 unspecified atom stereocenters. The number of carbonyl (C=O) groups excluding carboxylic acids is 1. The molecule has 0 radical (unpaired) electrons. The number of H-pyrrole nitrogens is 1. The van der Waals surface area contributed by atoms with Crippen molar-refractivity contribution in [1.29, 1.82) is 0 Å². The van der Waals surface area contributed by atoms with E-state index in [1.807, 2.05) is 0 Å². The van der Waals surface area contributed by atoms with Gasteiger partial charge in [-0.3, -0.25) is 19.1 Å². The fourth-order valence-electron chi connectivity index (χ4n) is 2.41. The van der Waals surface area contributed by atoms with E-state index < -0.39 is 5.76 Å². The third-order valence-electron chi connectivity index (χ3n) is 3.48. The SMILES string of the molecule is Cc1cc(=O)[nH]c(NCCNC(=O)Cn2c(=O)oc3ccccc32)n1. The second-order valence-corrected chi connectivity index (χ2v) is 5.43. The minimum Gasteiger partial charge on any atom is -0.408 e. The molecule has 3 aromatic rings. The fourth-order valence-corrected chi connectivity index (χ4v) is 2.41. The molecule has 25 heavy (non-hydrogen) atoms. The first-order chi connectivity index (χ1) is 12.0. The van der Waals surface area contributed by atoms with Crippen LogP contribution in [0.15, 0.2) is 44.3 Å². The molecular formula is C16H17N5O4. The molecule has 0 saturated heterocycles. The molecule has 0 aliphatic carbocycles. The van der Waals surface area contributed by atoms with Gasteiger partial charge in [-0.25, -0.2) is 9.78 Å². The van der Waals surface area contributed by atoms with Gasteiger partial charge in [0.2, 0.25) is 11.9 Å². The molecule has 130 valence electrons. The molecule has 2 aromatic heterocycles. The lowest BCUT2D eigenvalue weighted by Crippen LogP contribution is -2.34. The highest BCUT2D eigenvalue weighted by molar-refractivity contribution is 5.79. The summed E-state index contributed by atoms with van der Waals surface area (Å²) in [7, 11) is 0. The van der Waals surface area contributed by atoms with Crippen molar-refractivity contribution in [1.82, 2.24) is 19.9 Å². The summed E-state index contributed by atoms with van der Waals surface area (Å²) in [4.78, 5) is 41.8. The van der Waals surface area contributed by atoms with Crippen LogP contribution >= 0.6 is 0 Å². The van der Waals surface area contributed by atoms with Gasteiger partial charge in [0.25, 0.3) is 5.56 Å². The van der Waals surface area contributed by atoms with Crippen molar-refractivity contribution in [2.75, 3.05) is 18.4 Å². The van der Waals surface area contributed by atoms with Crippen LogP contribution in [0.1, 0.15) is 5.69 Å². The first-order valence-electron chi connectivity index (χ1n) is 7.70. The third-order valence-corrected chi connectivity index (χ3v) is 3.48. The van der Waals surface area contributed by atoms with Crippen LogP contribution in [0.5, 0.6) is 0 Å². The molecule has 1 aromatic carbocycles. The highest BCUT2D eigenvalue weighted by atomic mass is 16.4. The number of rotatable bonds is 6. The number of hydrogen-bond donors (Lipinski definition) is 3. The molecular weight excluding hydrogens is 326 g/mol. The monoisotopic (exact) mass is 343 g/mol. The van der Waals surface area contributed by atoms with Crippen LogP contribution in [0, 0.1) is 6.92 Å². The van der Waals surface area contributed by atoms with Crippen LogP contribution in [-0.4, -0.2) is 33.5 Å². The van der Waals surface area contributed by atoms with Crippen molar-refractivity contribution in [3.8, 4) is 0 Å². The summed E-state index contributed by atoms with van der Waals surface area (Å²) in [6.07, 6.45) is 0. The van der Waals surface area contributed by atoms with Crippen LogP contribution in [0.4, 0.5) is 5.95 Å². The predicted octanol–water partition coefficient (Wildman–Crippen LogP) is 0.215. The van der Waals surface area contributed by atoms with E-state index in [2.05, 4.69) is 20.6 Å². The second-order valence-electron chi connectivity index (χ2n) is 5.43. The number of fused-ring (bicyclic) bond motifs is 1. The van der Waals surface area contributed by atoms with E-state index in [4.69, 9.17) is 4.42 Å². The van der Waals surface area contributed by atoms with E-state index >= 15 is 0 Å². The van der Waals surface area contributed by atoms with Crippen LogP contribution in [-0.2, 0) is 11.3 Å². The first-order valence-corrected chi connectivity index (χ1v) is 7.70. The number of carbonyl (C=O) groups is 1. The minimum absolute atomic E-state index is 0.130. The standard InChI is InChI=1S/C16H17N5O4/c1-10-8-13(22)20-15(19-10)18-7-6-17-14(23)9-21-11-4-2-3-5-12(11)25-16(21)24/h2-5,8H,6-7,9H2,1H3,(H,17,23)(H2,18,19,20,22). The largest absolute Gasteiger partial charge is 0.420 e. The quantitative estimate of drug-likeness (QED) is 0.550. The Kier molecular flexibility index (Phi) is 4.64. The zero-order valence-corrected chi connectivity index (χ0v) is 13.5. The van der Waals surface area contributed by atoms with Gasteiger partial charge < -0.3 is 15.1 Å². The average molecular weight is 343 g/mol. The second kappa shape index (κ2) is 7.04. The molecule has 0 spiro atoms. The maximum absolute atomic E-state index is 12.0. The molecule has 0 saturated carbocycles. The van der Waals surface area contributed by atoms with E-state index in [0.717, 1.165) is 0 Å². The number of hydrogen-bond acceptors (Lipinski definition) is 6. The maximum Gasteiger partial charge on any atom is 0.420 e. The normalized spacial score (nSPS) is 10.8. The Morgan fingerprint density at radius 1 is 1.28 bits per heavy atom. The average Bonchev–Trinajstić information content (AvgIpc) is 2.87. The predicted molar refractivity (Wildman–Crippen MR) is 91.6 cm³/mol. The van der Waals surface area contributed by atoms with E-state index in [1.54, 1.807) is 31.2 Å². The fraction of sp³-hybridized carbons (Fsp3) is 0.250. The van der Waals surface area contributed by atoms with Crippen LogP contribution in [0.25, 0.3) is 11.1 Å². The van der Waals surface area contributed by atoms with Gasteiger partial charge in [-0.05, 0) is 19.1 Å². The van der Waals surface area contributed by atoms with E-state index in [-0.39, 0.29) is 18.0 Å². The molecule has 3 rings (SSSR count). The van der Waals surface area contributed by atoms with Crippen LogP contribution in [0.3, 0.4) is 0 Å².